The molecule has 1 aromatic heterocycles. The number of hydrogen-bond donors (Lipinski definition) is 3. The number of nitrogens with two attached hydrogens (primary N) is 1. The van der Waals surface area contributed by atoms with E-state index in [2.05, 4.69) is 204 Å². The lowest BCUT2D eigenvalue weighted by Crippen LogP contribution is -2.33. The van der Waals surface area contributed by atoms with Crippen molar-refractivity contribution in [3.05, 3.63) is 257 Å². The van der Waals surface area contributed by atoms with Crippen molar-refractivity contribution in [2.45, 2.75) is 18.5 Å². The Balaban J connectivity index is 0.000000174. The zero-order valence-electron chi connectivity index (χ0n) is 34.2. The summed E-state index contributed by atoms with van der Waals surface area (Å²) in [6.07, 6.45) is 0. The minimum absolute atomic E-state index is 0.0892. The van der Waals surface area contributed by atoms with Crippen LogP contribution in [0.3, 0.4) is 0 Å². The average Bonchev–Trinajstić information content (AvgIpc) is 3.83. The van der Waals surface area contributed by atoms with Crippen LogP contribution in [0.4, 0.5) is 0 Å². The molecule has 1 atom stereocenters. The Morgan fingerprint density at radius 3 is 1.76 bits per heavy atom. The number of hydrogen-bond acceptors (Lipinski definition) is 2. The minimum atomic E-state index is -0.550. The summed E-state index contributed by atoms with van der Waals surface area (Å²) in [6, 6.07) is 77.7. The topological polar surface area (TPSA) is 66.8 Å². The molecule has 10 aromatic rings. The summed E-state index contributed by atoms with van der Waals surface area (Å²) < 4.78 is 2.45. The Labute approximate surface area is 362 Å². The highest BCUT2D eigenvalue weighted by molar-refractivity contribution is 6.13. The molecule has 2 aliphatic rings. The average molecular weight is 797 g/mol. The van der Waals surface area contributed by atoms with Crippen LogP contribution in [-0.2, 0) is 18.5 Å². The monoisotopic (exact) mass is 796 g/mol. The molecular weight excluding hydrogens is 753 g/mol. The van der Waals surface area contributed by atoms with Crippen LogP contribution in [0.25, 0.3) is 60.9 Å². The first-order valence-corrected chi connectivity index (χ1v) is 21.3. The van der Waals surface area contributed by atoms with Crippen molar-refractivity contribution in [1.82, 2.24) is 9.88 Å². The second-order valence-corrected chi connectivity index (χ2v) is 16.2. The molecule has 1 unspecified atom stereocenters. The number of rotatable bonds is 7. The molecule has 1 aliphatic carbocycles. The van der Waals surface area contributed by atoms with Gasteiger partial charge in [0.2, 0.25) is 0 Å². The SMILES string of the molecule is N=C(N)c1cccc2c1-c1cc(-c3ccccc3)ccc1C21c2ccccc2-n2c3ccccc3c3cccc1c32.c1ccc(CNCc2ccc(-c3ccccc3)cc2)cc1. The summed E-state index contributed by atoms with van der Waals surface area (Å²) in [5.74, 6) is 0.0892. The Morgan fingerprint density at radius 2 is 1.02 bits per heavy atom. The van der Waals surface area contributed by atoms with Crippen LogP contribution >= 0.6 is 0 Å². The van der Waals surface area contributed by atoms with E-state index in [1.807, 2.05) is 24.3 Å². The van der Waals surface area contributed by atoms with Crippen LogP contribution in [0.1, 0.15) is 38.9 Å². The van der Waals surface area contributed by atoms with Gasteiger partial charge in [-0.1, -0.05) is 200 Å². The fourth-order valence-electron chi connectivity index (χ4n) is 10.1. The molecule has 4 N–H and O–H groups in total. The molecule has 4 heteroatoms. The Morgan fingerprint density at radius 1 is 0.468 bits per heavy atom. The Kier molecular flexibility index (Phi) is 9.22. The van der Waals surface area contributed by atoms with Gasteiger partial charge >= 0.3 is 0 Å². The van der Waals surface area contributed by atoms with Crippen molar-refractivity contribution in [3.63, 3.8) is 0 Å². The molecule has 1 aliphatic heterocycles. The van der Waals surface area contributed by atoms with Crippen molar-refractivity contribution in [1.29, 1.82) is 5.41 Å². The highest BCUT2D eigenvalue weighted by atomic mass is 15.0. The van der Waals surface area contributed by atoms with Gasteiger partial charge in [0.1, 0.15) is 5.84 Å². The third-order valence-electron chi connectivity index (χ3n) is 12.8. The maximum absolute atomic E-state index is 8.59. The molecule has 0 saturated carbocycles. The number of para-hydroxylation sites is 3. The van der Waals surface area contributed by atoms with Crippen LogP contribution < -0.4 is 11.1 Å². The molecule has 0 fully saturated rings. The van der Waals surface area contributed by atoms with Crippen LogP contribution in [0, 0.1) is 5.41 Å². The smallest absolute Gasteiger partial charge is 0.123 e. The lowest BCUT2D eigenvalue weighted by Gasteiger charge is -2.39. The second-order valence-electron chi connectivity index (χ2n) is 16.2. The van der Waals surface area contributed by atoms with E-state index in [4.69, 9.17) is 11.1 Å². The quantitative estimate of drug-likeness (QED) is 0.111. The molecule has 9 aromatic carbocycles. The summed E-state index contributed by atoms with van der Waals surface area (Å²) in [5.41, 5.74) is 24.8. The molecule has 4 nitrogen and oxygen atoms in total. The van der Waals surface area contributed by atoms with Crippen molar-refractivity contribution >= 4 is 27.6 Å². The second kappa shape index (κ2) is 15.3. The van der Waals surface area contributed by atoms with Gasteiger partial charge in [0.15, 0.2) is 0 Å². The first-order valence-electron chi connectivity index (χ1n) is 21.3. The fraction of sp³-hybridized carbons (Fsp3) is 0.0517. The van der Waals surface area contributed by atoms with E-state index in [0.717, 1.165) is 35.3 Å². The molecule has 12 rings (SSSR count). The van der Waals surface area contributed by atoms with Gasteiger partial charge in [-0.15, -0.1) is 0 Å². The predicted molar refractivity (Wildman–Crippen MR) is 257 cm³/mol. The fourth-order valence-corrected chi connectivity index (χ4v) is 10.1. The van der Waals surface area contributed by atoms with E-state index >= 15 is 0 Å². The van der Waals surface area contributed by atoms with Gasteiger partial charge in [-0.25, -0.2) is 0 Å². The Hall–Kier alpha value is -7.79. The lowest BCUT2D eigenvalue weighted by atomic mass is 9.65. The van der Waals surface area contributed by atoms with Crippen molar-refractivity contribution in [3.8, 4) is 39.1 Å². The summed E-state index contributed by atoms with van der Waals surface area (Å²) in [6.45, 7) is 1.80. The van der Waals surface area contributed by atoms with Gasteiger partial charge in [-0.2, -0.15) is 0 Å². The highest BCUT2D eigenvalue weighted by Gasteiger charge is 2.51. The Bertz CT molecular complexity index is 3280. The van der Waals surface area contributed by atoms with Crippen molar-refractivity contribution < 1.29 is 0 Å². The van der Waals surface area contributed by atoms with Gasteiger partial charge < -0.3 is 15.6 Å². The number of aromatic nitrogens is 1. The molecule has 0 radical (unpaired) electrons. The number of nitrogen functional groups attached to an aromatic ring is 1. The molecule has 2 heterocycles. The van der Waals surface area contributed by atoms with Crippen LogP contribution in [0.15, 0.2) is 218 Å². The molecule has 1 spiro atoms. The van der Waals surface area contributed by atoms with Crippen LogP contribution in [0.2, 0.25) is 0 Å². The van der Waals surface area contributed by atoms with Gasteiger partial charge in [0.05, 0.1) is 22.1 Å². The van der Waals surface area contributed by atoms with Gasteiger partial charge in [0.25, 0.3) is 0 Å². The summed E-state index contributed by atoms with van der Waals surface area (Å²) in [5, 5.41) is 14.6. The number of benzene rings is 9. The van der Waals surface area contributed by atoms with Crippen molar-refractivity contribution in [2.24, 2.45) is 5.73 Å². The third-order valence-corrected chi connectivity index (χ3v) is 12.8. The normalized spacial score (nSPS) is 14.2. The number of nitrogens with zero attached hydrogens (tertiary/aromatic N) is 1. The third kappa shape index (κ3) is 5.99. The van der Waals surface area contributed by atoms with Gasteiger partial charge in [0, 0.05) is 29.4 Å². The summed E-state index contributed by atoms with van der Waals surface area (Å²) >= 11 is 0. The zero-order valence-corrected chi connectivity index (χ0v) is 34.2. The molecule has 296 valence electrons. The lowest BCUT2D eigenvalue weighted by molar-refractivity contribution is 0.693. The van der Waals surface area contributed by atoms with E-state index in [-0.39, 0.29) is 5.84 Å². The predicted octanol–water partition coefficient (Wildman–Crippen LogP) is 13.1. The molecule has 0 bridgehead atoms. The zero-order chi connectivity index (χ0) is 41.6. The van der Waals surface area contributed by atoms with E-state index in [1.54, 1.807) is 0 Å². The minimum Gasteiger partial charge on any atom is -0.384 e. The maximum atomic E-state index is 8.59. The largest absolute Gasteiger partial charge is 0.384 e. The van der Waals surface area contributed by atoms with E-state index < -0.39 is 5.41 Å². The van der Waals surface area contributed by atoms with E-state index in [9.17, 15) is 0 Å². The van der Waals surface area contributed by atoms with Crippen LogP contribution in [-0.4, -0.2) is 10.4 Å². The molecule has 0 saturated heterocycles. The first kappa shape index (κ1) is 37.2. The molecule has 0 amide bonds. The van der Waals surface area contributed by atoms with E-state index in [0.29, 0.717) is 0 Å². The highest BCUT2D eigenvalue weighted by Crippen LogP contribution is 2.62. The van der Waals surface area contributed by atoms with Crippen molar-refractivity contribution in [2.75, 3.05) is 0 Å². The van der Waals surface area contributed by atoms with Crippen LogP contribution in [0.5, 0.6) is 0 Å². The number of fused-ring (bicyclic) bond motifs is 12. The molecule has 62 heavy (non-hydrogen) atoms. The van der Waals surface area contributed by atoms with Gasteiger partial charge in [-0.3, -0.25) is 5.41 Å². The molecular formula is C58H44N4. The van der Waals surface area contributed by atoms with E-state index in [1.165, 1.54) is 77.6 Å². The summed E-state index contributed by atoms with van der Waals surface area (Å²) in [4.78, 5) is 0. The standard InChI is InChI=1S/C38H25N3.C20H19N/c39-37(40)27-14-9-16-31-35(27)28-22-24(23-10-2-1-3-11-23)20-21-29(28)38(31)30-15-5-7-19-34(30)41-33-18-6-4-12-25(33)26-13-8-17-32(38)36(26)41;1-3-7-17(8-4-1)15-21-16-18-11-13-20(14-12-18)19-9-5-2-6-10-19/h1-22H,(H3,39,40);1-14,21H,15-16H2. The summed E-state index contributed by atoms with van der Waals surface area (Å²) in [7, 11) is 0. The van der Waals surface area contributed by atoms with Gasteiger partial charge in [-0.05, 0) is 85.0 Å². The number of nitrogens with one attached hydrogen (secondary N) is 2. The first-order chi connectivity index (χ1) is 30.6. The number of amidine groups is 1. The maximum Gasteiger partial charge on any atom is 0.123 e.